The van der Waals surface area contributed by atoms with Crippen LogP contribution in [0.4, 0.5) is 4.79 Å². The van der Waals surface area contributed by atoms with Crippen LogP contribution in [0.15, 0.2) is 48.5 Å². The third-order valence-corrected chi connectivity index (χ3v) is 6.20. The molecule has 0 bridgehead atoms. The SMILES string of the molecule is CCC[C@@H](CC(=O)O)NC(=O)C(CCCOC)NC(=O)OCC1c2ccccc2-c2ccccc21. The lowest BCUT2D eigenvalue weighted by molar-refractivity contribution is -0.137. The first-order chi connectivity index (χ1) is 16.9. The lowest BCUT2D eigenvalue weighted by Crippen LogP contribution is -2.50. The Labute approximate surface area is 206 Å². The minimum Gasteiger partial charge on any atom is -0.481 e. The number of rotatable bonds is 13. The number of nitrogens with one attached hydrogen (secondary N) is 2. The Hall–Kier alpha value is -3.39. The van der Waals surface area contributed by atoms with Gasteiger partial charge in [0.25, 0.3) is 0 Å². The molecule has 2 atom stereocenters. The molecule has 188 valence electrons. The molecule has 0 aromatic heterocycles. The first kappa shape index (κ1) is 26.2. The maximum atomic E-state index is 12.9. The molecular formula is C27H34N2O6. The van der Waals surface area contributed by atoms with E-state index in [0.29, 0.717) is 25.9 Å². The summed E-state index contributed by atoms with van der Waals surface area (Å²) < 4.78 is 10.7. The van der Waals surface area contributed by atoms with Gasteiger partial charge in [-0.1, -0.05) is 61.9 Å². The van der Waals surface area contributed by atoms with E-state index < -0.39 is 30.1 Å². The third-order valence-electron chi connectivity index (χ3n) is 6.20. The molecule has 1 aliphatic carbocycles. The maximum Gasteiger partial charge on any atom is 0.407 e. The van der Waals surface area contributed by atoms with Crippen molar-refractivity contribution in [3.8, 4) is 11.1 Å². The number of carboxylic acids is 1. The van der Waals surface area contributed by atoms with E-state index in [9.17, 15) is 14.4 Å². The second-order valence-corrected chi connectivity index (χ2v) is 8.75. The van der Waals surface area contributed by atoms with Gasteiger partial charge in [-0.2, -0.15) is 0 Å². The largest absolute Gasteiger partial charge is 0.481 e. The van der Waals surface area contributed by atoms with E-state index in [-0.39, 0.29) is 18.9 Å². The fraction of sp³-hybridized carbons (Fsp3) is 0.444. The number of amides is 2. The molecule has 0 heterocycles. The normalized spacial score (nSPS) is 13.9. The maximum absolute atomic E-state index is 12.9. The molecule has 0 fully saturated rings. The number of aliphatic carboxylic acids is 1. The average Bonchev–Trinajstić information content (AvgIpc) is 3.15. The average molecular weight is 483 g/mol. The number of hydrogen-bond donors (Lipinski definition) is 3. The fourth-order valence-corrected chi connectivity index (χ4v) is 4.57. The van der Waals surface area contributed by atoms with E-state index in [1.165, 1.54) is 0 Å². The molecule has 0 aliphatic heterocycles. The highest BCUT2D eigenvalue weighted by Crippen LogP contribution is 2.44. The van der Waals surface area contributed by atoms with Crippen LogP contribution in [0.2, 0.25) is 0 Å². The summed E-state index contributed by atoms with van der Waals surface area (Å²) in [6, 6.07) is 14.8. The van der Waals surface area contributed by atoms with Crippen LogP contribution < -0.4 is 10.6 Å². The van der Waals surface area contributed by atoms with Gasteiger partial charge in [0.05, 0.1) is 6.42 Å². The van der Waals surface area contributed by atoms with Gasteiger partial charge in [0, 0.05) is 25.7 Å². The van der Waals surface area contributed by atoms with Gasteiger partial charge in [0.15, 0.2) is 0 Å². The van der Waals surface area contributed by atoms with Crippen LogP contribution in [0.5, 0.6) is 0 Å². The van der Waals surface area contributed by atoms with Crippen LogP contribution in [0.1, 0.15) is 56.1 Å². The molecule has 35 heavy (non-hydrogen) atoms. The summed E-state index contributed by atoms with van der Waals surface area (Å²) >= 11 is 0. The van der Waals surface area contributed by atoms with Crippen molar-refractivity contribution >= 4 is 18.0 Å². The molecule has 0 spiro atoms. The van der Waals surface area contributed by atoms with Crippen molar-refractivity contribution in [3.05, 3.63) is 59.7 Å². The predicted molar refractivity (Wildman–Crippen MR) is 132 cm³/mol. The van der Waals surface area contributed by atoms with Crippen molar-refractivity contribution in [1.82, 2.24) is 10.6 Å². The zero-order chi connectivity index (χ0) is 25.2. The molecule has 0 radical (unpaired) electrons. The Balaban J connectivity index is 1.64. The van der Waals surface area contributed by atoms with E-state index in [1.807, 2.05) is 43.3 Å². The summed E-state index contributed by atoms with van der Waals surface area (Å²) in [5, 5.41) is 14.6. The van der Waals surface area contributed by atoms with Gasteiger partial charge in [0.2, 0.25) is 5.91 Å². The van der Waals surface area contributed by atoms with E-state index in [1.54, 1.807) is 7.11 Å². The first-order valence-corrected chi connectivity index (χ1v) is 12.1. The van der Waals surface area contributed by atoms with E-state index >= 15 is 0 Å². The Kier molecular flexibility index (Phi) is 9.66. The van der Waals surface area contributed by atoms with Gasteiger partial charge in [-0.15, -0.1) is 0 Å². The zero-order valence-electron chi connectivity index (χ0n) is 20.3. The van der Waals surface area contributed by atoms with Crippen molar-refractivity contribution in [2.24, 2.45) is 0 Å². The highest BCUT2D eigenvalue weighted by molar-refractivity contribution is 5.86. The summed E-state index contributed by atoms with van der Waals surface area (Å²) in [5.74, 6) is -1.49. The Morgan fingerprint density at radius 1 is 0.971 bits per heavy atom. The van der Waals surface area contributed by atoms with E-state index in [2.05, 4.69) is 22.8 Å². The van der Waals surface area contributed by atoms with Crippen molar-refractivity contribution in [2.75, 3.05) is 20.3 Å². The zero-order valence-corrected chi connectivity index (χ0v) is 20.3. The number of hydrogen-bond acceptors (Lipinski definition) is 5. The molecule has 2 aromatic rings. The standard InChI is InChI=1S/C27H34N2O6/c1-3-9-18(16-25(30)31)28-26(32)24(14-8-15-34-2)29-27(33)35-17-23-21-12-6-4-10-19(21)20-11-5-7-13-22(20)23/h4-7,10-13,18,23-24H,3,8-9,14-17H2,1-2H3,(H,28,32)(H,29,33)(H,30,31)/t18-,24?/m0/s1. The van der Waals surface area contributed by atoms with Crippen LogP contribution in [-0.4, -0.2) is 55.5 Å². The monoisotopic (exact) mass is 482 g/mol. The number of ether oxygens (including phenoxy) is 2. The molecule has 8 nitrogen and oxygen atoms in total. The van der Waals surface area contributed by atoms with Crippen molar-refractivity contribution in [3.63, 3.8) is 0 Å². The quantitative estimate of drug-likeness (QED) is 0.371. The van der Waals surface area contributed by atoms with Crippen LogP contribution in [0.25, 0.3) is 11.1 Å². The molecule has 1 unspecified atom stereocenters. The number of carbonyl (C=O) groups is 3. The van der Waals surface area contributed by atoms with Crippen molar-refractivity contribution in [2.45, 2.75) is 57.0 Å². The second kappa shape index (κ2) is 12.9. The lowest BCUT2D eigenvalue weighted by Gasteiger charge is -2.23. The summed E-state index contributed by atoms with van der Waals surface area (Å²) in [7, 11) is 1.57. The highest BCUT2D eigenvalue weighted by atomic mass is 16.5. The molecule has 2 amide bonds. The van der Waals surface area contributed by atoms with Crippen molar-refractivity contribution < 1.29 is 29.0 Å². The Morgan fingerprint density at radius 3 is 2.17 bits per heavy atom. The molecule has 3 N–H and O–H groups in total. The molecule has 0 saturated carbocycles. The van der Waals surface area contributed by atoms with E-state index in [0.717, 1.165) is 28.7 Å². The van der Waals surface area contributed by atoms with Gasteiger partial charge >= 0.3 is 12.1 Å². The van der Waals surface area contributed by atoms with Gasteiger partial charge < -0.3 is 25.2 Å². The number of carbonyl (C=O) groups excluding carboxylic acids is 2. The molecular weight excluding hydrogens is 448 g/mol. The summed E-state index contributed by atoms with van der Waals surface area (Å²) in [5.41, 5.74) is 4.47. The fourth-order valence-electron chi connectivity index (χ4n) is 4.57. The summed E-state index contributed by atoms with van der Waals surface area (Å²) in [4.78, 5) is 36.8. The van der Waals surface area contributed by atoms with Crippen LogP contribution in [-0.2, 0) is 19.1 Å². The number of alkyl carbamates (subject to hydrolysis) is 1. The first-order valence-electron chi connectivity index (χ1n) is 12.1. The Morgan fingerprint density at radius 2 is 1.60 bits per heavy atom. The molecule has 1 aliphatic rings. The minimum absolute atomic E-state index is 0.0848. The van der Waals surface area contributed by atoms with Crippen LogP contribution in [0.3, 0.4) is 0 Å². The highest BCUT2D eigenvalue weighted by Gasteiger charge is 2.30. The summed E-state index contributed by atoms with van der Waals surface area (Å²) in [6.07, 6.45) is 1.30. The Bertz CT molecular complexity index is 979. The summed E-state index contributed by atoms with van der Waals surface area (Å²) in [6.45, 7) is 2.50. The predicted octanol–water partition coefficient (Wildman–Crippen LogP) is 4.08. The third kappa shape index (κ3) is 7.05. The van der Waals surface area contributed by atoms with Gasteiger partial charge in [0.1, 0.15) is 12.6 Å². The van der Waals surface area contributed by atoms with Crippen molar-refractivity contribution in [1.29, 1.82) is 0 Å². The topological polar surface area (TPSA) is 114 Å². The van der Waals surface area contributed by atoms with Gasteiger partial charge in [-0.05, 0) is 41.5 Å². The van der Waals surface area contributed by atoms with Crippen LogP contribution >= 0.6 is 0 Å². The van der Waals surface area contributed by atoms with E-state index in [4.69, 9.17) is 14.6 Å². The van der Waals surface area contributed by atoms with Crippen LogP contribution in [0, 0.1) is 0 Å². The second-order valence-electron chi connectivity index (χ2n) is 8.75. The smallest absolute Gasteiger partial charge is 0.407 e. The number of methoxy groups -OCH3 is 1. The number of fused-ring (bicyclic) bond motifs is 3. The molecule has 0 saturated heterocycles. The lowest BCUT2D eigenvalue weighted by atomic mass is 9.98. The molecule has 2 aromatic carbocycles. The number of carboxylic acid groups (broad SMARTS) is 1. The van der Waals surface area contributed by atoms with Gasteiger partial charge in [-0.3, -0.25) is 9.59 Å². The molecule has 8 heteroatoms. The number of benzene rings is 2. The van der Waals surface area contributed by atoms with Gasteiger partial charge in [-0.25, -0.2) is 4.79 Å². The molecule has 3 rings (SSSR count). The minimum atomic E-state index is -0.982.